The lowest BCUT2D eigenvalue weighted by atomic mass is 10.1. The van der Waals surface area contributed by atoms with Crippen LogP contribution in [0.1, 0.15) is 33.2 Å². The van der Waals surface area contributed by atoms with Gasteiger partial charge in [-0.2, -0.15) is 8.42 Å². The summed E-state index contributed by atoms with van der Waals surface area (Å²) in [5, 5.41) is 4.20. The van der Waals surface area contributed by atoms with Crippen LogP contribution in [-0.2, 0) is 20.0 Å². The molecule has 44 heavy (non-hydrogen) atoms. The number of amides is 2. The van der Waals surface area contributed by atoms with Crippen molar-refractivity contribution in [3.05, 3.63) is 125 Å². The summed E-state index contributed by atoms with van der Waals surface area (Å²) in [7, 11) is -6.27. The fraction of sp³-hybridized carbons (Fsp3) is 0.129. The number of sulfonamides is 2. The minimum absolute atomic E-state index is 0.104. The molecule has 13 heteroatoms. The quantitative estimate of drug-likeness (QED) is 0.235. The van der Waals surface area contributed by atoms with E-state index in [0.29, 0.717) is 16.9 Å². The molecule has 4 rings (SSSR count). The Morgan fingerprint density at radius 2 is 1.25 bits per heavy atom. The number of nitrogens with one attached hydrogen (secondary N) is 3. The summed E-state index contributed by atoms with van der Waals surface area (Å²) in [6.45, 7) is 1.38. The molecule has 0 aliphatic heterocycles. The number of hydrogen-bond acceptors (Lipinski definition) is 6. The van der Waals surface area contributed by atoms with Gasteiger partial charge in [0.1, 0.15) is 5.56 Å². The zero-order chi connectivity index (χ0) is 31.9. The minimum atomic E-state index is -4.05. The van der Waals surface area contributed by atoms with E-state index in [1.165, 1.54) is 38.2 Å². The average Bonchev–Trinajstić information content (AvgIpc) is 3.00. The monoisotopic (exact) mass is 632 g/mol. The molecular weight excluding hydrogens is 603 g/mol. The molecule has 0 aliphatic carbocycles. The van der Waals surface area contributed by atoms with Crippen LogP contribution in [-0.4, -0.2) is 47.3 Å². The van der Waals surface area contributed by atoms with Crippen molar-refractivity contribution < 1.29 is 26.4 Å². The number of hydrogen-bond donors (Lipinski definition) is 3. The third kappa shape index (κ3) is 8.00. The van der Waals surface area contributed by atoms with E-state index in [2.05, 4.69) is 26.3 Å². The Balaban J connectivity index is 1.43. The molecule has 0 saturated heterocycles. The van der Waals surface area contributed by atoms with E-state index in [1.54, 1.807) is 72.8 Å². The third-order valence-corrected chi connectivity index (χ3v) is 9.11. The number of carbonyl (C=O) groups excluding carboxylic acids is 2. The fourth-order valence-electron chi connectivity index (χ4n) is 3.91. The van der Waals surface area contributed by atoms with Crippen LogP contribution in [0, 0.1) is 6.07 Å². The van der Waals surface area contributed by atoms with Crippen LogP contribution in [0.3, 0.4) is 0 Å². The van der Waals surface area contributed by atoms with Gasteiger partial charge in [0, 0.05) is 25.3 Å². The van der Waals surface area contributed by atoms with Crippen molar-refractivity contribution in [3.63, 3.8) is 0 Å². The van der Waals surface area contributed by atoms with Gasteiger partial charge < -0.3 is 10.6 Å². The van der Waals surface area contributed by atoms with Crippen LogP contribution in [0.2, 0.25) is 0 Å². The first kappa shape index (κ1) is 31.7. The Kier molecular flexibility index (Phi) is 9.67. The predicted octanol–water partition coefficient (Wildman–Crippen LogP) is 5.06. The van der Waals surface area contributed by atoms with Gasteiger partial charge in [0.25, 0.3) is 11.8 Å². The predicted molar refractivity (Wildman–Crippen MR) is 173 cm³/mol. The summed E-state index contributed by atoms with van der Waals surface area (Å²) >= 11 is 0. The second-order valence-corrected chi connectivity index (χ2v) is 13.6. The Hall–Kier alpha value is -5.19. The highest BCUT2D eigenvalue weighted by molar-refractivity contribution is 7.93. The van der Waals surface area contributed by atoms with Gasteiger partial charge in [-0.3, -0.25) is 18.6 Å². The number of carbonyl (C=O) groups is 2. The molecular formula is C31H30N5O6S2+. The molecule has 0 fully saturated rings. The molecule has 0 spiro atoms. The molecule has 0 saturated carbocycles. The highest BCUT2D eigenvalue weighted by Crippen LogP contribution is 2.23. The number of rotatable bonds is 9. The van der Waals surface area contributed by atoms with Crippen molar-refractivity contribution in [2.45, 2.75) is 12.3 Å². The zero-order valence-electron chi connectivity index (χ0n) is 24.1. The summed E-state index contributed by atoms with van der Waals surface area (Å²) in [5.74, 6) is -0.986. The molecule has 0 aromatic heterocycles. The van der Waals surface area contributed by atoms with Crippen molar-refractivity contribution in [2.24, 2.45) is 0 Å². The molecule has 2 amide bonds. The van der Waals surface area contributed by atoms with Crippen LogP contribution in [0.4, 0.5) is 22.7 Å². The lowest BCUT2D eigenvalue weighted by Gasteiger charge is -2.19. The van der Waals surface area contributed by atoms with E-state index >= 15 is 0 Å². The molecule has 0 bridgehead atoms. The molecule has 226 valence electrons. The van der Waals surface area contributed by atoms with Gasteiger partial charge in [0.2, 0.25) is 10.0 Å². The van der Waals surface area contributed by atoms with Crippen LogP contribution < -0.4 is 19.7 Å². The van der Waals surface area contributed by atoms with Gasteiger partial charge in [0.15, 0.2) is 0 Å². The standard InChI is InChI=1S/C31H29N5O6S2/c1-22(44(41,42)35-28-15-9-7-13-26(28)30(37)33-24-11-5-4-6-12-24)32-21-23-17-19-25(20-18-23)34-31(38)27-14-8-10-16-29(27)36(2)43(3,39)40/h4-20,22H,1-3H3,(H2,33,35,37)/p+1. The minimum Gasteiger partial charge on any atom is -0.322 e. The summed E-state index contributed by atoms with van der Waals surface area (Å²) in [6.07, 6.45) is 1.05. The maximum Gasteiger partial charge on any atom is 0.384 e. The number of para-hydroxylation sites is 3. The molecule has 3 N–H and O–H groups in total. The average molecular weight is 633 g/mol. The first-order chi connectivity index (χ1) is 20.8. The Bertz CT molecular complexity index is 1950. The molecule has 0 radical (unpaired) electrons. The second kappa shape index (κ2) is 13.4. The van der Waals surface area contributed by atoms with Crippen LogP contribution in [0.15, 0.2) is 103 Å². The molecule has 1 atom stereocenters. The number of nitrogens with zero attached hydrogens (tertiary/aromatic N) is 2. The highest BCUT2D eigenvalue weighted by atomic mass is 32.2. The van der Waals surface area contributed by atoms with Crippen molar-refractivity contribution in [1.82, 2.24) is 0 Å². The number of benzene rings is 4. The Morgan fingerprint density at radius 3 is 1.89 bits per heavy atom. The summed E-state index contributed by atoms with van der Waals surface area (Å²) < 4.78 is 53.5. The van der Waals surface area contributed by atoms with Crippen molar-refractivity contribution in [2.75, 3.05) is 33.0 Å². The van der Waals surface area contributed by atoms with Crippen LogP contribution >= 0.6 is 0 Å². The van der Waals surface area contributed by atoms with Gasteiger partial charge >= 0.3 is 21.5 Å². The van der Waals surface area contributed by atoms with Gasteiger partial charge in [-0.1, -0.05) is 47.3 Å². The molecule has 0 aliphatic rings. The van der Waals surface area contributed by atoms with Gasteiger partial charge in [0.05, 0.1) is 28.8 Å². The molecule has 4 aromatic rings. The van der Waals surface area contributed by atoms with E-state index in [1.807, 2.05) is 6.07 Å². The molecule has 11 nitrogen and oxygen atoms in total. The topological polar surface area (TPSA) is 146 Å². The smallest absolute Gasteiger partial charge is 0.322 e. The third-order valence-electron chi connectivity index (χ3n) is 6.41. The van der Waals surface area contributed by atoms with Crippen molar-refractivity contribution in [3.8, 4) is 6.07 Å². The maximum atomic E-state index is 13.0. The largest absolute Gasteiger partial charge is 0.384 e. The van der Waals surface area contributed by atoms with Crippen molar-refractivity contribution in [1.29, 1.82) is 0 Å². The van der Waals surface area contributed by atoms with E-state index in [9.17, 15) is 26.4 Å². The Labute approximate surface area is 256 Å². The van der Waals surface area contributed by atoms with E-state index < -0.39 is 37.2 Å². The molecule has 1 unspecified atom stereocenters. The SMILES string of the molecule is CC([N+]#Cc1ccc(NC(=O)c2ccccc2N(C)S(C)(=O)=O)cc1)S(=O)(=O)Nc1ccccc1C(=O)Nc1ccccc1. The Morgan fingerprint density at radius 1 is 0.727 bits per heavy atom. The second-order valence-electron chi connectivity index (χ2n) is 9.63. The highest BCUT2D eigenvalue weighted by Gasteiger charge is 2.30. The van der Waals surface area contributed by atoms with E-state index in [-0.39, 0.29) is 22.5 Å². The summed E-state index contributed by atoms with van der Waals surface area (Å²) in [6, 6.07) is 30.4. The van der Waals surface area contributed by atoms with Gasteiger partial charge in [-0.05, 0) is 60.7 Å². The van der Waals surface area contributed by atoms with Crippen LogP contribution in [0.5, 0.6) is 0 Å². The van der Waals surface area contributed by atoms with Crippen LogP contribution in [0.25, 0.3) is 4.85 Å². The van der Waals surface area contributed by atoms with E-state index in [0.717, 1.165) is 10.6 Å². The normalized spacial score (nSPS) is 11.8. The van der Waals surface area contributed by atoms with Crippen molar-refractivity contribution >= 4 is 54.6 Å². The first-order valence-electron chi connectivity index (χ1n) is 13.2. The number of anilines is 4. The lowest BCUT2D eigenvalue weighted by Crippen LogP contribution is -2.27. The summed E-state index contributed by atoms with van der Waals surface area (Å²) in [5.41, 5.74) is 2.08. The zero-order valence-corrected chi connectivity index (χ0v) is 25.7. The van der Waals surface area contributed by atoms with Gasteiger partial charge in [-0.25, -0.2) is 8.42 Å². The maximum absolute atomic E-state index is 13.0. The molecule has 4 aromatic carbocycles. The van der Waals surface area contributed by atoms with E-state index in [4.69, 9.17) is 0 Å². The first-order valence-corrected chi connectivity index (χ1v) is 16.6. The fourth-order valence-corrected chi connectivity index (χ4v) is 5.27. The lowest BCUT2D eigenvalue weighted by molar-refractivity contribution is 0.101. The molecule has 0 heterocycles. The summed E-state index contributed by atoms with van der Waals surface area (Å²) in [4.78, 5) is 29.8. The van der Waals surface area contributed by atoms with Gasteiger partial charge in [-0.15, -0.1) is 0 Å².